The lowest BCUT2D eigenvalue weighted by atomic mass is 10.1. The molecule has 1 saturated heterocycles. The largest absolute Gasteiger partial charge is 0.444 e. The molecule has 0 unspecified atom stereocenters. The summed E-state index contributed by atoms with van der Waals surface area (Å²) in [7, 11) is 0. The molecule has 2 heterocycles. The number of pyridine rings is 1. The second-order valence-corrected chi connectivity index (χ2v) is 6.25. The van der Waals surface area contributed by atoms with E-state index in [-0.39, 0.29) is 18.0 Å². The van der Waals surface area contributed by atoms with Gasteiger partial charge in [-0.3, -0.25) is 0 Å². The first-order chi connectivity index (χ1) is 9.83. The molecular weight excluding hydrogens is 273 g/mol. The fourth-order valence-electron chi connectivity index (χ4n) is 2.20. The molecule has 0 bridgehead atoms. The second-order valence-electron chi connectivity index (χ2n) is 6.25. The van der Waals surface area contributed by atoms with Gasteiger partial charge in [0.1, 0.15) is 17.2 Å². The molecule has 0 radical (unpaired) electrons. The van der Waals surface area contributed by atoms with E-state index in [1.54, 1.807) is 11.0 Å². The van der Waals surface area contributed by atoms with Gasteiger partial charge in [0.15, 0.2) is 0 Å². The summed E-state index contributed by atoms with van der Waals surface area (Å²) in [5, 5.41) is 3.26. The summed E-state index contributed by atoms with van der Waals surface area (Å²) in [6.45, 7) is 6.87. The van der Waals surface area contributed by atoms with Gasteiger partial charge in [-0.25, -0.2) is 14.2 Å². The second kappa shape index (κ2) is 6.28. The van der Waals surface area contributed by atoms with Gasteiger partial charge in [-0.2, -0.15) is 0 Å². The van der Waals surface area contributed by atoms with E-state index in [2.05, 4.69) is 10.3 Å². The number of carbonyl (C=O) groups excluding carboxylic acids is 1. The monoisotopic (exact) mass is 295 g/mol. The fourth-order valence-corrected chi connectivity index (χ4v) is 2.20. The Balaban J connectivity index is 1.80. The molecule has 0 saturated carbocycles. The molecule has 0 atom stereocenters. The molecule has 0 aliphatic carbocycles. The molecule has 2 rings (SSSR count). The fraction of sp³-hybridized carbons (Fsp3) is 0.600. The van der Waals surface area contributed by atoms with Crippen LogP contribution in [0, 0.1) is 5.82 Å². The average Bonchev–Trinajstić information content (AvgIpc) is 2.40. The molecule has 1 aliphatic heterocycles. The van der Waals surface area contributed by atoms with E-state index in [9.17, 15) is 9.18 Å². The van der Waals surface area contributed by atoms with Crippen LogP contribution in [0.2, 0.25) is 0 Å². The lowest BCUT2D eigenvalue weighted by Gasteiger charge is -2.33. The van der Waals surface area contributed by atoms with Gasteiger partial charge in [0.2, 0.25) is 0 Å². The van der Waals surface area contributed by atoms with Crippen molar-refractivity contribution in [1.29, 1.82) is 0 Å². The van der Waals surface area contributed by atoms with Crippen molar-refractivity contribution in [3.63, 3.8) is 0 Å². The number of nitrogens with one attached hydrogen (secondary N) is 1. The van der Waals surface area contributed by atoms with Crippen LogP contribution in [-0.4, -0.2) is 40.7 Å². The number of rotatable bonds is 2. The highest BCUT2D eigenvalue weighted by Gasteiger charge is 2.26. The maximum atomic E-state index is 12.8. The molecular formula is C15H22FN3O2. The number of nitrogens with zero attached hydrogens (tertiary/aromatic N) is 2. The zero-order valence-electron chi connectivity index (χ0n) is 12.7. The van der Waals surface area contributed by atoms with Gasteiger partial charge in [0.05, 0.1) is 6.20 Å². The minimum Gasteiger partial charge on any atom is -0.444 e. The number of likely N-dealkylation sites (tertiary alicyclic amines) is 1. The Bertz CT molecular complexity index is 477. The predicted octanol–water partition coefficient (Wildman–Crippen LogP) is 3.03. The number of piperidine rings is 1. The van der Waals surface area contributed by atoms with Crippen molar-refractivity contribution in [2.75, 3.05) is 18.4 Å². The van der Waals surface area contributed by atoms with Crippen LogP contribution < -0.4 is 5.32 Å². The summed E-state index contributed by atoms with van der Waals surface area (Å²) in [6, 6.07) is 3.24. The lowest BCUT2D eigenvalue weighted by molar-refractivity contribution is 0.0210. The summed E-state index contributed by atoms with van der Waals surface area (Å²) >= 11 is 0. The maximum absolute atomic E-state index is 12.8. The smallest absolute Gasteiger partial charge is 0.410 e. The van der Waals surface area contributed by atoms with Crippen molar-refractivity contribution < 1.29 is 13.9 Å². The maximum Gasteiger partial charge on any atom is 0.410 e. The summed E-state index contributed by atoms with van der Waals surface area (Å²) in [5.41, 5.74) is -0.468. The Labute approximate surface area is 124 Å². The predicted molar refractivity (Wildman–Crippen MR) is 78.6 cm³/mol. The molecule has 1 amide bonds. The van der Waals surface area contributed by atoms with Crippen LogP contribution in [0.5, 0.6) is 0 Å². The average molecular weight is 295 g/mol. The van der Waals surface area contributed by atoms with Gasteiger partial charge in [0, 0.05) is 19.1 Å². The third-order valence-electron chi connectivity index (χ3n) is 3.23. The van der Waals surface area contributed by atoms with Gasteiger partial charge >= 0.3 is 6.09 Å². The summed E-state index contributed by atoms with van der Waals surface area (Å²) in [6.07, 6.45) is 2.57. The van der Waals surface area contributed by atoms with Crippen LogP contribution in [0.25, 0.3) is 0 Å². The molecule has 1 aliphatic rings. The standard InChI is InChI=1S/C15H22FN3O2/c1-15(2,3)21-14(20)19-8-6-12(7-9-19)18-13-5-4-11(16)10-17-13/h4-5,10,12H,6-9H2,1-3H3,(H,17,18). The lowest BCUT2D eigenvalue weighted by Crippen LogP contribution is -2.44. The van der Waals surface area contributed by atoms with Crippen LogP contribution in [0.3, 0.4) is 0 Å². The van der Waals surface area contributed by atoms with Crippen molar-refractivity contribution >= 4 is 11.9 Å². The molecule has 1 aromatic rings. The SMILES string of the molecule is CC(C)(C)OC(=O)N1CCC(Nc2ccc(F)cn2)CC1. The topological polar surface area (TPSA) is 54.5 Å². The molecule has 21 heavy (non-hydrogen) atoms. The third kappa shape index (κ3) is 4.88. The van der Waals surface area contributed by atoms with E-state index in [4.69, 9.17) is 4.74 Å². The number of hydrogen-bond donors (Lipinski definition) is 1. The molecule has 1 aromatic heterocycles. The van der Waals surface area contributed by atoms with Crippen LogP contribution in [0.4, 0.5) is 15.0 Å². The van der Waals surface area contributed by atoms with Gasteiger partial charge in [-0.05, 0) is 45.7 Å². The van der Waals surface area contributed by atoms with Crippen molar-refractivity contribution in [1.82, 2.24) is 9.88 Å². The Kier molecular flexibility index (Phi) is 4.65. The number of amides is 1. The van der Waals surface area contributed by atoms with E-state index >= 15 is 0 Å². The van der Waals surface area contributed by atoms with Crippen LogP contribution in [0.1, 0.15) is 33.6 Å². The van der Waals surface area contributed by atoms with E-state index in [0.717, 1.165) is 12.8 Å². The van der Waals surface area contributed by atoms with Gasteiger partial charge in [-0.15, -0.1) is 0 Å². The molecule has 1 N–H and O–H groups in total. The van der Waals surface area contributed by atoms with Gasteiger partial charge < -0.3 is 15.0 Å². The first kappa shape index (κ1) is 15.5. The number of halogens is 1. The Hall–Kier alpha value is -1.85. The zero-order valence-corrected chi connectivity index (χ0v) is 12.7. The quantitative estimate of drug-likeness (QED) is 0.911. The van der Waals surface area contributed by atoms with Crippen molar-refractivity contribution in [3.8, 4) is 0 Å². The number of anilines is 1. The van der Waals surface area contributed by atoms with E-state index in [0.29, 0.717) is 18.9 Å². The van der Waals surface area contributed by atoms with Crippen molar-refractivity contribution in [2.24, 2.45) is 0 Å². The number of hydrogen-bond acceptors (Lipinski definition) is 4. The van der Waals surface area contributed by atoms with Crippen LogP contribution >= 0.6 is 0 Å². The summed E-state index contributed by atoms with van der Waals surface area (Å²) in [4.78, 5) is 17.7. The van der Waals surface area contributed by atoms with Gasteiger partial charge in [-0.1, -0.05) is 0 Å². The zero-order chi connectivity index (χ0) is 15.5. The highest BCUT2D eigenvalue weighted by molar-refractivity contribution is 5.68. The molecule has 6 heteroatoms. The first-order valence-electron chi connectivity index (χ1n) is 7.19. The summed E-state index contributed by atoms with van der Waals surface area (Å²) in [5.74, 6) is 0.312. The molecule has 116 valence electrons. The summed E-state index contributed by atoms with van der Waals surface area (Å²) < 4.78 is 18.1. The highest BCUT2D eigenvalue weighted by Crippen LogP contribution is 2.18. The van der Waals surface area contributed by atoms with Crippen molar-refractivity contribution in [2.45, 2.75) is 45.3 Å². The minimum atomic E-state index is -0.468. The molecule has 1 fully saturated rings. The molecule has 0 aromatic carbocycles. The van der Waals surface area contributed by atoms with Gasteiger partial charge in [0.25, 0.3) is 0 Å². The van der Waals surface area contributed by atoms with E-state index < -0.39 is 5.60 Å². The van der Waals surface area contributed by atoms with E-state index in [1.807, 2.05) is 20.8 Å². The Morgan fingerprint density at radius 1 is 1.38 bits per heavy atom. The Morgan fingerprint density at radius 3 is 2.57 bits per heavy atom. The first-order valence-corrected chi connectivity index (χ1v) is 7.19. The molecule has 5 nitrogen and oxygen atoms in total. The van der Waals surface area contributed by atoms with Crippen LogP contribution in [-0.2, 0) is 4.74 Å². The number of ether oxygens (including phenoxy) is 1. The normalized spacial score (nSPS) is 16.7. The van der Waals surface area contributed by atoms with Crippen molar-refractivity contribution in [3.05, 3.63) is 24.1 Å². The Morgan fingerprint density at radius 2 is 2.05 bits per heavy atom. The van der Waals surface area contributed by atoms with E-state index in [1.165, 1.54) is 12.3 Å². The van der Waals surface area contributed by atoms with Crippen LogP contribution in [0.15, 0.2) is 18.3 Å². The number of carbonyl (C=O) groups is 1. The highest BCUT2D eigenvalue weighted by atomic mass is 19.1. The molecule has 0 spiro atoms. The third-order valence-corrected chi connectivity index (χ3v) is 3.23. The number of aromatic nitrogens is 1. The minimum absolute atomic E-state index is 0.238.